The molecule has 1 aliphatic rings. The van der Waals surface area contributed by atoms with Crippen LogP contribution in [0.3, 0.4) is 0 Å². The molecule has 30 heavy (non-hydrogen) atoms. The van der Waals surface area contributed by atoms with Crippen LogP contribution >= 0.6 is 11.3 Å². The van der Waals surface area contributed by atoms with E-state index in [9.17, 15) is 13.2 Å². The van der Waals surface area contributed by atoms with E-state index in [1.165, 1.54) is 23.0 Å². The SMILES string of the molecule is CC(C)c1ccc(C(NS(=O)(=O)c2ccc3c(c2)C(=O)NCC3)c2cccs2)cc1. The van der Waals surface area contributed by atoms with Crippen molar-refractivity contribution in [2.24, 2.45) is 0 Å². The zero-order valence-electron chi connectivity index (χ0n) is 16.9. The van der Waals surface area contributed by atoms with E-state index in [1.54, 1.807) is 12.1 Å². The van der Waals surface area contributed by atoms with Crippen molar-refractivity contribution >= 4 is 27.3 Å². The van der Waals surface area contributed by atoms with Crippen LogP contribution in [0.1, 0.15) is 57.7 Å². The van der Waals surface area contributed by atoms with E-state index in [2.05, 4.69) is 23.9 Å². The number of hydrogen-bond donors (Lipinski definition) is 2. The number of hydrogen-bond acceptors (Lipinski definition) is 4. The van der Waals surface area contributed by atoms with Gasteiger partial charge in [-0.2, -0.15) is 4.72 Å². The standard InChI is InChI=1S/C23H24N2O3S2/c1-15(2)16-5-7-18(8-6-16)22(21-4-3-13-29-21)25-30(27,28)19-10-9-17-11-12-24-23(26)20(17)14-19/h3-10,13-15,22,25H,11-12H2,1-2H3,(H,24,26). The van der Waals surface area contributed by atoms with E-state index in [1.807, 2.05) is 41.8 Å². The van der Waals surface area contributed by atoms with E-state index in [0.717, 1.165) is 16.0 Å². The van der Waals surface area contributed by atoms with Gasteiger partial charge in [0, 0.05) is 17.0 Å². The van der Waals surface area contributed by atoms with Gasteiger partial charge in [0.15, 0.2) is 0 Å². The second-order valence-electron chi connectivity index (χ2n) is 7.72. The molecule has 4 rings (SSSR count). The molecule has 156 valence electrons. The fourth-order valence-corrected chi connectivity index (χ4v) is 5.71. The van der Waals surface area contributed by atoms with Crippen LogP contribution in [0.2, 0.25) is 0 Å². The molecule has 0 fully saturated rings. The second-order valence-corrected chi connectivity index (χ2v) is 10.4. The molecule has 1 atom stereocenters. The van der Waals surface area contributed by atoms with Crippen LogP contribution in [0, 0.1) is 0 Å². The zero-order valence-corrected chi connectivity index (χ0v) is 18.5. The van der Waals surface area contributed by atoms with Crippen LogP contribution in [0.15, 0.2) is 64.9 Å². The first-order valence-corrected chi connectivity index (χ1v) is 12.3. The van der Waals surface area contributed by atoms with E-state index in [-0.39, 0.29) is 10.8 Å². The highest BCUT2D eigenvalue weighted by molar-refractivity contribution is 7.89. The van der Waals surface area contributed by atoms with Crippen LogP contribution in [0.5, 0.6) is 0 Å². The third kappa shape index (κ3) is 4.19. The average Bonchev–Trinajstić information content (AvgIpc) is 3.27. The third-order valence-electron chi connectivity index (χ3n) is 5.35. The predicted molar refractivity (Wildman–Crippen MR) is 119 cm³/mol. The van der Waals surface area contributed by atoms with Gasteiger partial charge in [-0.05, 0) is 52.6 Å². The minimum absolute atomic E-state index is 0.0960. The van der Waals surface area contributed by atoms with Crippen LogP contribution < -0.4 is 10.0 Å². The minimum Gasteiger partial charge on any atom is -0.352 e. The van der Waals surface area contributed by atoms with Gasteiger partial charge in [-0.15, -0.1) is 11.3 Å². The van der Waals surface area contributed by atoms with E-state index in [4.69, 9.17) is 0 Å². The Labute approximate surface area is 181 Å². The molecule has 2 heterocycles. The lowest BCUT2D eigenvalue weighted by molar-refractivity contribution is 0.0945. The second kappa shape index (κ2) is 8.34. The van der Waals surface area contributed by atoms with Crippen LogP contribution in [-0.2, 0) is 16.4 Å². The monoisotopic (exact) mass is 440 g/mol. The summed E-state index contributed by atoms with van der Waals surface area (Å²) in [5.41, 5.74) is 3.38. The molecule has 1 aromatic heterocycles. The first kappa shape index (κ1) is 20.8. The molecule has 0 saturated carbocycles. The molecule has 0 bridgehead atoms. The van der Waals surface area contributed by atoms with Crippen LogP contribution in [0.4, 0.5) is 0 Å². The molecule has 1 unspecified atom stereocenters. The van der Waals surface area contributed by atoms with Crippen LogP contribution in [0.25, 0.3) is 0 Å². The molecule has 0 radical (unpaired) electrons. The number of thiophene rings is 1. The van der Waals surface area contributed by atoms with Gasteiger partial charge in [-0.1, -0.05) is 50.2 Å². The molecule has 2 N–H and O–H groups in total. The number of benzene rings is 2. The number of nitrogens with one attached hydrogen (secondary N) is 2. The van der Waals surface area contributed by atoms with E-state index < -0.39 is 16.1 Å². The van der Waals surface area contributed by atoms with Gasteiger partial charge in [-0.3, -0.25) is 4.79 Å². The fourth-order valence-electron chi connectivity index (χ4n) is 3.60. The summed E-state index contributed by atoms with van der Waals surface area (Å²) in [6, 6.07) is 16.1. The Hall–Kier alpha value is -2.48. The Balaban J connectivity index is 1.69. The maximum atomic E-state index is 13.2. The molecule has 0 spiro atoms. The molecule has 7 heteroatoms. The molecule has 1 aliphatic heterocycles. The summed E-state index contributed by atoms with van der Waals surface area (Å²) in [6.45, 7) is 4.82. The number of carbonyl (C=O) groups is 1. The summed E-state index contributed by atoms with van der Waals surface area (Å²) in [6.07, 6.45) is 0.703. The average molecular weight is 441 g/mol. The zero-order chi connectivity index (χ0) is 21.3. The normalized spacial score (nSPS) is 15.0. The van der Waals surface area contributed by atoms with Crippen LogP contribution in [-0.4, -0.2) is 20.9 Å². The third-order valence-corrected chi connectivity index (χ3v) is 7.71. The lowest BCUT2D eigenvalue weighted by atomic mass is 9.99. The number of carbonyl (C=O) groups excluding carboxylic acids is 1. The van der Waals surface area contributed by atoms with Crippen molar-refractivity contribution in [1.29, 1.82) is 0 Å². The maximum Gasteiger partial charge on any atom is 0.251 e. The molecule has 1 amide bonds. The molecular weight excluding hydrogens is 416 g/mol. The van der Waals surface area contributed by atoms with Gasteiger partial charge in [0.2, 0.25) is 10.0 Å². The van der Waals surface area contributed by atoms with E-state index >= 15 is 0 Å². The number of amides is 1. The van der Waals surface area contributed by atoms with Crippen molar-refractivity contribution in [3.8, 4) is 0 Å². The smallest absolute Gasteiger partial charge is 0.251 e. The molecular formula is C23H24N2O3S2. The summed E-state index contributed by atoms with van der Waals surface area (Å²) in [5, 5.41) is 4.70. The van der Waals surface area contributed by atoms with Gasteiger partial charge >= 0.3 is 0 Å². The van der Waals surface area contributed by atoms with Crippen molar-refractivity contribution in [2.45, 2.75) is 37.1 Å². The van der Waals surface area contributed by atoms with Gasteiger partial charge in [0.05, 0.1) is 10.9 Å². The summed E-state index contributed by atoms with van der Waals surface area (Å²) in [5.74, 6) is 0.171. The molecule has 0 saturated heterocycles. The molecule has 2 aromatic carbocycles. The highest BCUT2D eigenvalue weighted by Crippen LogP contribution is 2.30. The predicted octanol–water partition coefficient (Wildman–Crippen LogP) is 4.23. The number of sulfonamides is 1. The van der Waals surface area contributed by atoms with Crippen molar-refractivity contribution in [3.63, 3.8) is 0 Å². The molecule has 3 aromatic rings. The maximum absolute atomic E-state index is 13.2. The van der Waals surface area contributed by atoms with Crippen molar-refractivity contribution in [1.82, 2.24) is 10.0 Å². The summed E-state index contributed by atoms with van der Waals surface area (Å²) >= 11 is 1.50. The fraction of sp³-hybridized carbons (Fsp3) is 0.261. The summed E-state index contributed by atoms with van der Waals surface area (Å²) < 4.78 is 29.3. The Morgan fingerprint density at radius 1 is 1.03 bits per heavy atom. The first-order valence-electron chi connectivity index (χ1n) is 9.92. The Morgan fingerprint density at radius 2 is 1.77 bits per heavy atom. The highest BCUT2D eigenvalue weighted by atomic mass is 32.2. The van der Waals surface area contributed by atoms with Gasteiger partial charge in [0.1, 0.15) is 0 Å². The lowest BCUT2D eigenvalue weighted by Gasteiger charge is -2.21. The van der Waals surface area contributed by atoms with E-state index in [0.29, 0.717) is 24.4 Å². The Bertz CT molecular complexity index is 1150. The van der Waals surface area contributed by atoms with Crippen molar-refractivity contribution in [3.05, 3.63) is 87.1 Å². The quantitative estimate of drug-likeness (QED) is 0.602. The molecule has 5 nitrogen and oxygen atoms in total. The first-order chi connectivity index (χ1) is 14.3. The van der Waals surface area contributed by atoms with Gasteiger partial charge in [-0.25, -0.2) is 8.42 Å². The van der Waals surface area contributed by atoms with Crippen molar-refractivity contribution < 1.29 is 13.2 Å². The topological polar surface area (TPSA) is 75.3 Å². The Morgan fingerprint density at radius 3 is 2.43 bits per heavy atom. The lowest BCUT2D eigenvalue weighted by Crippen LogP contribution is -2.33. The number of rotatable bonds is 6. The number of fused-ring (bicyclic) bond motifs is 1. The highest BCUT2D eigenvalue weighted by Gasteiger charge is 2.26. The summed E-state index contributed by atoms with van der Waals surface area (Å²) in [4.78, 5) is 13.2. The largest absolute Gasteiger partial charge is 0.352 e. The van der Waals surface area contributed by atoms with Gasteiger partial charge < -0.3 is 5.32 Å². The minimum atomic E-state index is -3.84. The Kier molecular flexibility index (Phi) is 5.77. The summed E-state index contributed by atoms with van der Waals surface area (Å²) in [7, 11) is -3.84. The molecule has 0 aliphatic carbocycles. The van der Waals surface area contributed by atoms with Gasteiger partial charge in [0.25, 0.3) is 5.91 Å². The van der Waals surface area contributed by atoms with Crippen molar-refractivity contribution in [2.75, 3.05) is 6.54 Å².